The van der Waals surface area contributed by atoms with E-state index in [9.17, 15) is 9.59 Å². The van der Waals surface area contributed by atoms with Gasteiger partial charge < -0.3 is 14.8 Å². The smallest absolute Gasteiger partial charge is 0.268 e. The van der Waals surface area contributed by atoms with Gasteiger partial charge in [-0.05, 0) is 48.7 Å². The summed E-state index contributed by atoms with van der Waals surface area (Å²) in [6, 6.07) is 2.22. The number of carbonyl (C=O) groups excluding carboxylic acids is 2. The third kappa shape index (κ3) is 4.37. The molecule has 0 bridgehead atoms. The van der Waals surface area contributed by atoms with Crippen LogP contribution >= 0.6 is 15.9 Å². The van der Waals surface area contributed by atoms with E-state index in [2.05, 4.69) is 35.1 Å². The zero-order valence-corrected chi connectivity index (χ0v) is 15.9. The van der Waals surface area contributed by atoms with Crippen LogP contribution in [0.1, 0.15) is 57.1 Å². The highest BCUT2D eigenvalue weighted by atomic mass is 79.9. The average molecular weight is 384 g/mol. The fraction of sp³-hybridized carbons (Fsp3) is 0.647. The Balaban J connectivity index is 1.94. The Bertz CT molecular complexity index is 572. The number of hydrogen-bond donors (Lipinski definition) is 1. The van der Waals surface area contributed by atoms with Crippen LogP contribution in [0.15, 0.2) is 16.7 Å². The molecule has 2 amide bonds. The summed E-state index contributed by atoms with van der Waals surface area (Å²) >= 11 is 3.44. The molecule has 0 unspecified atom stereocenters. The molecule has 2 heterocycles. The first-order chi connectivity index (χ1) is 10.8. The Hall–Kier alpha value is -1.30. The van der Waals surface area contributed by atoms with Crippen molar-refractivity contribution < 1.29 is 9.59 Å². The van der Waals surface area contributed by atoms with Crippen molar-refractivity contribution in [2.45, 2.75) is 52.6 Å². The largest absolute Gasteiger partial charge is 0.348 e. The second-order valence-electron chi connectivity index (χ2n) is 6.77. The van der Waals surface area contributed by atoms with Crippen molar-refractivity contribution in [3.63, 3.8) is 0 Å². The van der Waals surface area contributed by atoms with Crippen molar-refractivity contribution in [3.05, 3.63) is 22.4 Å². The molecular weight excluding hydrogens is 358 g/mol. The molecule has 1 N–H and O–H groups in total. The summed E-state index contributed by atoms with van der Waals surface area (Å²) in [5.74, 6) is 0.193. The number of amides is 2. The van der Waals surface area contributed by atoms with Gasteiger partial charge in [0, 0.05) is 41.8 Å². The van der Waals surface area contributed by atoms with Gasteiger partial charge in [-0.15, -0.1) is 0 Å². The molecule has 0 radical (unpaired) electrons. The number of aromatic nitrogens is 1. The van der Waals surface area contributed by atoms with Crippen LogP contribution in [0.4, 0.5) is 0 Å². The SMILES string of the molecule is CC(C)C(=O)N1CCC(NC(=O)c2cc(Br)cn2C(C)C)CC1. The highest BCUT2D eigenvalue weighted by Gasteiger charge is 2.26. The van der Waals surface area contributed by atoms with Gasteiger partial charge in [-0.1, -0.05) is 13.8 Å². The van der Waals surface area contributed by atoms with E-state index in [0.29, 0.717) is 5.69 Å². The normalized spacial score (nSPS) is 16.2. The van der Waals surface area contributed by atoms with Crippen molar-refractivity contribution in [2.75, 3.05) is 13.1 Å². The van der Waals surface area contributed by atoms with Crippen LogP contribution in [0.3, 0.4) is 0 Å². The third-order valence-electron chi connectivity index (χ3n) is 4.24. The Kier molecular flexibility index (Phi) is 5.89. The van der Waals surface area contributed by atoms with E-state index < -0.39 is 0 Å². The fourth-order valence-electron chi connectivity index (χ4n) is 2.92. The van der Waals surface area contributed by atoms with Gasteiger partial charge in [0.1, 0.15) is 5.69 Å². The standard InChI is InChI=1S/C17H26BrN3O2/c1-11(2)17(23)20-7-5-14(6-8-20)19-16(22)15-9-13(18)10-21(15)12(3)4/h9-12,14H,5-8H2,1-4H3,(H,19,22). The van der Waals surface area contributed by atoms with Crippen molar-refractivity contribution in [2.24, 2.45) is 5.92 Å². The molecule has 23 heavy (non-hydrogen) atoms. The summed E-state index contributed by atoms with van der Waals surface area (Å²) in [7, 11) is 0. The lowest BCUT2D eigenvalue weighted by Crippen LogP contribution is -2.47. The van der Waals surface area contributed by atoms with Crippen molar-refractivity contribution in [1.82, 2.24) is 14.8 Å². The van der Waals surface area contributed by atoms with Crippen LogP contribution < -0.4 is 5.32 Å². The summed E-state index contributed by atoms with van der Waals surface area (Å²) in [5.41, 5.74) is 0.674. The van der Waals surface area contributed by atoms with Gasteiger partial charge in [0.25, 0.3) is 5.91 Å². The molecule has 0 spiro atoms. The number of nitrogens with zero attached hydrogens (tertiary/aromatic N) is 2. The number of hydrogen-bond acceptors (Lipinski definition) is 2. The molecule has 6 heteroatoms. The van der Waals surface area contributed by atoms with E-state index in [1.165, 1.54) is 0 Å². The molecule has 5 nitrogen and oxygen atoms in total. The summed E-state index contributed by atoms with van der Waals surface area (Å²) in [4.78, 5) is 26.4. The zero-order valence-electron chi connectivity index (χ0n) is 14.3. The van der Waals surface area contributed by atoms with Gasteiger partial charge in [0.2, 0.25) is 5.91 Å². The number of piperidine rings is 1. The van der Waals surface area contributed by atoms with Gasteiger partial charge >= 0.3 is 0 Å². The Labute approximate surface area is 146 Å². The second kappa shape index (κ2) is 7.51. The lowest BCUT2D eigenvalue weighted by molar-refractivity contribution is -0.135. The number of carbonyl (C=O) groups is 2. The van der Waals surface area contributed by atoms with E-state index in [-0.39, 0.29) is 29.8 Å². The zero-order chi connectivity index (χ0) is 17.1. The van der Waals surface area contributed by atoms with Crippen LogP contribution in [0, 0.1) is 5.92 Å². The maximum Gasteiger partial charge on any atom is 0.268 e. The maximum absolute atomic E-state index is 12.5. The van der Waals surface area contributed by atoms with Crippen LogP contribution in [-0.4, -0.2) is 40.4 Å². The van der Waals surface area contributed by atoms with Gasteiger partial charge in [0.05, 0.1) is 0 Å². The molecule has 0 aromatic carbocycles. The van der Waals surface area contributed by atoms with Gasteiger partial charge in [-0.3, -0.25) is 9.59 Å². The molecule has 1 aromatic heterocycles. The first-order valence-electron chi connectivity index (χ1n) is 8.26. The first kappa shape index (κ1) is 18.0. The molecule has 1 aliphatic heterocycles. The van der Waals surface area contributed by atoms with E-state index in [4.69, 9.17) is 0 Å². The number of halogens is 1. The Morgan fingerprint density at radius 1 is 1.22 bits per heavy atom. The Morgan fingerprint density at radius 2 is 1.83 bits per heavy atom. The summed E-state index contributed by atoms with van der Waals surface area (Å²) in [6.07, 6.45) is 3.56. The average Bonchev–Trinajstić information content (AvgIpc) is 2.89. The molecule has 0 saturated carbocycles. The minimum Gasteiger partial charge on any atom is -0.348 e. The fourth-order valence-corrected chi connectivity index (χ4v) is 3.36. The van der Waals surface area contributed by atoms with Gasteiger partial charge in [0.15, 0.2) is 0 Å². The monoisotopic (exact) mass is 383 g/mol. The molecule has 1 aromatic rings. The van der Waals surface area contributed by atoms with Crippen molar-refractivity contribution in [1.29, 1.82) is 0 Å². The van der Waals surface area contributed by atoms with Crippen LogP contribution in [0.5, 0.6) is 0 Å². The molecule has 1 saturated heterocycles. The lowest BCUT2D eigenvalue weighted by atomic mass is 10.0. The number of rotatable bonds is 4. The minimum atomic E-state index is -0.0435. The van der Waals surface area contributed by atoms with Crippen LogP contribution in [0.2, 0.25) is 0 Å². The topological polar surface area (TPSA) is 54.3 Å². The molecule has 128 valence electrons. The lowest BCUT2D eigenvalue weighted by Gasteiger charge is -2.33. The minimum absolute atomic E-state index is 0.0350. The molecule has 2 rings (SSSR count). The predicted octanol–water partition coefficient (Wildman–Crippen LogP) is 3.21. The van der Waals surface area contributed by atoms with E-state index in [1.807, 2.05) is 35.6 Å². The van der Waals surface area contributed by atoms with Crippen molar-refractivity contribution >= 4 is 27.7 Å². The second-order valence-corrected chi connectivity index (χ2v) is 7.69. The van der Waals surface area contributed by atoms with Crippen LogP contribution in [0.25, 0.3) is 0 Å². The number of likely N-dealkylation sites (tertiary alicyclic amines) is 1. The summed E-state index contributed by atoms with van der Waals surface area (Å²) in [6.45, 7) is 9.40. The van der Waals surface area contributed by atoms with Crippen LogP contribution in [-0.2, 0) is 4.79 Å². The molecular formula is C17H26BrN3O2. The van der Waals surface area contributed by atoms with E-state index >= 15 is 0 Å². The van der Waals surface area contributed by atoms with Gasteiger partial charge in [-0.2, -0.15) is 0 Å². The summed E-state index contributed by atoms with van der Waals surface area (Å²) in [5, 5.41) is 3.11. The number of nitrogens with one attached hydrogen (secondary N) is 1. The molecule has 0 aliphatic carbocycles. The predicted molar refractivity (Wildman–Crippen MR) is 94.4 cm³/mol. The quantitative estimate of drug-likeness (QED) is 0.867. The molecule has 1 fully saturated rings. The highest BCUT2D eigenvalue weighted by Crippen LogP contribution is 2.20. The van der Waals surface area contributed by atoms with Gasteiger partial charge in [-0.25, -0.2) is 0 Å². The van der Waals surface area contributed by atoms with Crippen molar-refractivity contribution in [3.8, 4) is 0 Å². The van der Waals surface area contributed by atoms with E-state index in [0.717, 1.165) is 30.4 Å². The molecule has 1 aliphatic rings. The van der Waals surface area contributed by atoms with E-state index in [1.54, 1.807) is 0 Å². The first-order valence-corrected chi connectivity index (χ1v) is 9.06. The highest BCUT2D eigenvalue weighted by molar-refractivity contribution is 9.10. The summed E-state index contributed by atoms with van der Waals surface area (Å²) < 4.78 is 2.88. The molecule has 0 atom stereocenters. The Morgan fingerprint density at radius 3 is 2.35 bits per heavy atom. The third-order valence-corrected chi connectivity index (χ3v) is 4.67. The maximum atomic E-state index is 12.5.